The lowest BCUT2D eigenvalue weighted by Crippen LogP contribution is -2.38. The average Bonchev–Trinajstić information content (AvgIpc) is 2.84. The van der Waals surface area contributed by atoms with Gasteiger partial charge in [0.05, 0.1) is 6.61 Å². The second-order valence-corrected chi connectivity index (χ2v) is 5.79. The Morgan fingerprint density at radius 2 is 2.26 bits per heavy atom. The molecule has 1 aliphatic heterocycles. The van der Waals surface area contributed by atoms with Crippen LogP contribution < -0.4 is 5.73 Å². The van der Waals surface area contributed by atoms with Gasteiger partial charge < -0.3 is 15.0 Å². The summed E-state index contributed by atoms with van der Waals surface area (Å²) < 4.78 is 11.0. The Balaban J connectivity index is 1.93. The lowest BCUT2D eigenvalue weighted by molar-refractivity contribution is -0.0334. The summed E-state index contributed by atoms with van der Waals surface area (Å²) >= 11 is 0. The van der Waals surface area contributed by atoms with E-state index in [0.717, 1.165) is 32.7 Å². The molecule has 0 spiro atoms. The zero-order valence-electron chi connectivity index (χ0n) is 12.1. The van der Waals surface area contributed by atoms with Crippen molar-refractivity contribution in [2.45, 2.75) is 45.3 Å². The number of morpholine rings is 1. The van der Waals surface area contributed by atoms with Crippen molar-refractivity contribution in [2.24, 2.45) is 5.73 Å². The maximum Gasteiger partial charge on any atom is 0.226 e. The summed E-state index contributed by atoms with van der Waals surface area (Å²) in [5.74, 6) is 1.30. The molecule has 1 saturated heterocycles. The smallest absolute Gasteiger partial charge is 0.226 e. The van der Waals surface area contributed by atoms with Crippen molar-refractivity contribution in [1.82, 2.24) is 15.0 Å². The van der Waals surface area contributed by atoms with Crippen molar-refractivity contribution in [2.75, 3.05) is 26.2 Å². The highest BCUT2D eigenvalue weighted by Gasteiger charge is 2.25. The monoisotopic (exact) mass is 268 g/mol. The van der Waals surface area contributed by atoms with E-state index in [1.807, 2.05) is 13.8 Å². The molecule has 19 heavy (non-hydrogen) atoms. The summed E-state index contributed by atoms with van der Waals surface area (Å²) in [6.07, 6.45) is 1.46. The number of ether oxygens (including phenoxy) is 1. The molecule has 0 bridgehead atoms. The van der Waals surface area contributed by atoms with E-state index in [-0.39, 0.29) is 11.6 Å². The fraction of sp³-hybridized carbons (Fsp3) is 0.846. The minimum Gasteiger partial charge on any atom is -0.367 e. The van der Waals surface area contributed by atoms with Crippen LogP contribution >= 0.6 is 0 Å². The molecule has 1 fully saturated rings. The molecule has 1 unspecified atom stereocenters. The van der Waals surface area contributed by atoms with Gasteiger partial charge in [0.25, 0.3) is 0 Å². The first kappa shape index (κ1) is 14.4. The highest BCUT2D eigenvalue weighted by atomic mass is 16.5. The largest absolute Gasteiger partial charge is 0.367 e. The van der Waals surface area contributed by atoms with Gasteiger partial charge in [0, 0.05) is 25.0 Å². The topological polar surface area (TPSA) is 77.4 Å². The molecule has 1 aromatic heterocycles. The number of rotatable bonds is 5. The van der Waals surface area contributed by atoms with Crippen LogP contribution in [-0.2, 0) is 11.2 Å². The Morgan fingerprint density at radius 3 is 2.95 bits per heavy atom. The van der Waals surface area contributed by atoms with Gasteiger partial charge in [0.2, 0.25) is 11.7 Å². The van der Waals surface area contributed by atoms with E-state index in [9.17, 15) is 0 Å². The molecule has 2 rings (SSSR count). The summed E-state index contributed by atoms with van der Waals surface area (Å²) in [5, 5.41) is 4.03. The number of likely N-dealkylation sites (N-methyl/N-ethyl adjacent to an activating group) is 1. The molecular formula is C13H24N4O2. The molecule has 108 valence electrons. The minimum absolute atomic E-state index is 0.0721. The summed E-state index contributed by atoms with van der Waals surface area (Å²) in [4.78, 5) is 6.75. The van der Waals surface area contributed by atoms with E-state index in [0.29, 0.717) is 18.1 Å². The highest BCUT2D eigenvalue weighted by molar-refractivity contribution is 4.95. The summed E-state index contributed by atoms with van der Waals surface area (Å²) in [7, 11) is 0. The van der Waals surface area contributed by atoms with Gasteiger partial charge in [-0.2, -0.15) is 4.98 Å². The van der Waals surface area contributed by atoms with E-state index in [4.69, 9.17) is 15.0 Å². The predicted octanol–water partition coefficient (Wildman–Crippen LogP) is 1.13. The van der Waals surface area contributed by atoms with Crippen LogP contribution in [0.25, 0.3) is 0 Å². The van der Waals surface area contributed by atoms with Gasteiger partial charge in [-0.05, 0) is 26.8 Å². The molecule has 6 nitrogen and oxygen atoms in total. The Labute approximate surface area is 114 Å². The Morgan fingerprint density at radius 1 is 1.47 bits per heavy atom. The number of nitrogens with zero attached hydrogens (tertiary/aromatic N) is 3. The third kappa shape index (κ3) is 4.26. The second-order valence-electron chi connectivity index (χ2n) is 5.79. The first-order chi connectivity index (χ1) is 8.98. The SMILES string of the molecule is CCN1CCOC(c2noc(CCC(C)(C)N)n2)C1. The lowest BCUT2D eigenvalue weighted by atomic mass is 10.0. The van der Waals surface area contributed by atoms with Crippen LogP contribution in [0.5, 0.6) is 0 Å². The van der Waals surface area contributed by atoms with Gasteiger partial charge in [-0.3, -0.25) is 4.90 Å². The quantitative estimate of drug-likeness (QED) is 0.862. The third-order valence-corrected chi connectivity index (χ3v) is 3.35. The van der Waals surface area contributed by atoms with Gasteiger partial charge in [0.1, 0.15) is 6.10 Å². The second kappa shape index (κ2) is 5.98. The van der Waals surface area contributed by atoms with Crippen LogP contribution in [0.3, 0.4) is 0 Å². The summed E-state index contributed by atoms with van der Waals surface area (Å²) in [5.41, 5.74) is 5.73. The van der Waals surface area contributed by atoms with Crippen molar-refractivity contribution in [3.05, 3.63) is 11.7 Å². The number of aryl methyl sites for hydroxylation is 1. The molecule has 0 radical (unpaired) electrons. The van der Waals surface area contributed by atoms with Crippen LogP contribution in [0.4, 0.5) is 0 Å². The Bertz CT molecular complexity index is 400. The fourth-order valence-electron chi connectivity index (χ4n) is 2.08. The van der Waals surface area contributed by atoms with Gasteiger partial charge >= 0.3 is 0 Å². The number of nitrogens with two attached hydrogens (primary N) is 1. The molecule has 2 N–H and O–H groups in total. The summed E-state index contributed by atoms with van der Waals surface area (Å²) in [6, 6.07) is 0. The van der Waals surface area contributed by atoms with Crippen LogP contribution in [0.2, 0.25) is 0 Å². The van der Waals surface area contributed by atoms with Gasteiger partial charge in [-0.25, -0.2) is 0 Å². The van der Waals surface area contributed by atoms with Crippen molar-refractivity contribution in [1.29, 1.82) is 0 Å². The average molecular weight is 268 g/mol. The number of hydrogen-bond donors (Lipinski definition) is 1. The molecule has 0 amide bonds. The number of hydrogen-bond acceptors (Lipinski definition) is 6. The van der Waals surface area contributed by atoms with Gasteiger partial charge in [-0.1, -0.05) is 12.1 Å². The van der Waals surface area contributed by atoms with E-state index < -0.39 is 0 Å². The maximum atomic E-state index is 5.95. The molecule has 1 aromatic rings. The zero-order valence-corrected chi connectivity index (χ0v) is 12.1. The standard InChI is InChI=1S/C13H24N4O2/c1-4-17-7-8-18-10(9-17)12-15-11(19-16-12)5-6-13(2,3)14/h10H,4-9,14H2,1-3H3. The van der Waals surface area contributed by atoms with Crippen LogP contribution in [0.15, 0.2) is 4.52 Å². The van der Waals surface area contributed by atoms with E-state index in [1.165, 1.54) is 0 Å². The predicted molar refractivity (Wildman–Crippen MR) is 71.7 cm³/mol. The fourth-order valence-corrected chi connectivity index (χ4v) is 2.08. The molecule has 1 atom stereocenters. The number of aromatic nitrogens is 2. The van der Waals surface area contributed by atoms with E-state index in [1.54, 1.807) is 0 Å². The normalized spacial score (nSPS) is 21.8. The summed E-state index contributed by atoms with van der Waals surface area (Å²) in [6.45, 7) is 9.68. The van der Waals surface area contributed by atoms with Gasteiger partial charge in [-0.15, -0.1) is 0 Å². The molecule has 0 aromatic carbocycles. The van der Waals surface area contributed by atoms with E-state index in [2.05, 4.69) is 22.0 Å². The van der Waals surface area contributed by atoms with E-state index >= 15 is 0 Å². The highest BCUT2D eigenvalue weighted by Crippen LogP contribution is 2.20. The van der Waals surface area contributed by atoms with Crippen molar-refractivity contribution in [3.63, 3.8) is 0 Å². The molecular weight excluding hydrogens is 244 g/mol. The minimum atomic E-state index is -0.213. The molecule has 0 saturated carbocycles. The third-order valence-electron chi connectivity index (χ3n) is 3.35. The maximum absolute atomic E-state index is 5.95. The lowest BCUT2D eigenvalue weighted by Gasteiger charge is -2.30. The molecule has 2 heterocycles. The Hall–Kier alpha value is -0.980. The Kier molecular flexibility index (Phi) is 4.54. The van der Waals surface area contributed by atoms with Crippen molar-refractivity contribution in [3.8, 4) is 0 Å². The first-order valence-electron chi connectivity index (χ1n) is 6.93. The molecule has 6 heteroatoms. The first-order valence-corrected chi connectivity index (χ1v) is 6.93. The van der Waals surface area contributed by atoms with Crippen molar-refractivity contribution >= 4 is 0 Å². The van der Waals surface area contributed by atoms with Crippen LogP contribution in [0.1, 0.15) is 45.0 Å². The molecule has 0 aliphatic carbocycles. The van der Waals surface area contributed by atoms with Crippen molar-refractivity contribution < 1.29 is 9.26 Å². The van der Waals surface area contributed by atoms with Gasteiger partial charge in [0.15, 0.2) is 0 Å². The molecule has 1 aliphatic rings. The zero-order chi connectivity index (χ0) is 13.9. The van der Waals surface area contributed by atoms with Crippen LogP contribution in [-0.4, -0.2) is 46.8 Å². The van der Waals surface area contributed by atoms with Crippen LogP contribution in [0, 0.1) is 0 Å².